The largest absolute Gasteiger partial charge is 0.481 e. The number of benzene rings is 1. The predicted molar refractivity (Wildman–Crippen MR) is 89.0 cm³/mol. The lowest BCUT2D eigenvalue weighted by Crippen LogP contribution is -2.24. The molecule has 0 atom stereocenters. The Labute approximate surface area is 135 Å². The fourth-order valence-electron chi connectivity index (χ4n) is 2.34. The van der Waals surface area contributed by atoms with Crippen LogP contribution in [0.2, 0.25) is 0 Å². The highest BCUT2D eigenvalue weighted by atomic mass is 16.4. The molecule has 0 aliphatic carbocycles. The second-order valence-corrected chi connectivity index (χ2v) is 5.46. The highest BCUT2D eigenvalue weighted by molar-refractivity contribution is 5.76. The molecule has 0 spiro atoms. The number of aryl methyl sites for hydroxylation is 1. The fourth-order valence-corrected chi connectivity index (χ4v) is 2.34. The standard InChI is InChI=1S/C18H22N2O3/c21-17(19-13-5-4-8-18(22)23)12-10-15-9-11-16(20-15)14-6-2-1-3-7-14/h1-3,6-7,9,11,20H,4-5,8,10,12-13H2,(H,19,21)(H,22,23). The van der Waals surface area contributed by atoms with E-state index in [4.69, 9.17) is 5.11 Å². The van der Waals surface area contributed by atoms with Gasteiger partial charge in [0.05, 0.1) is 0 Å². The van der Waals surface area contributed by atoms with Crippen molar-refractivity contribution in [2.75, 3.05) is 6.54 Å². The van der Waals surface area contributed by atoms with E-state index in [2.05, 4.69) is 10.3 Å². The Morgan fingerprint density at radius 1 is 1.00 bits per heavy atom. The predicted octanol–water partition coefficient (Wildman–Crippen LogP) is 2.99. The van der Waals surface area contributed by atoms with Crippen molar-refractivity contribution in [3.8, 4) is 11.3 Å². The molecule has 0 aliphatic rings. The molecule has 3 N–H and O–H groups in total. The molecule has 0 aliphatic heterocycles. The van der Waals surface area contributed by atoms with Gasteiger partial charge in [0.25, 0.3) is 0 Å². The van der Waals surface area contributed by atoms with Crippen molar-refractivity contribution in [1.29, 1.82) is 0 Å². The molecule has 1 aromatic heterocycles. The number of carboxylic acids is 1. The number of amides is 1. The lowest BCUT2D eigenvalue weighted by atomic mass is 10.2. The van der Waals surface area contributed by atoms with E-state index in [0.29, 0.717) is 32.2 Å². The number of aromatic nitrogens is 1. The Morgan fingerprint density at radius 2 is 1.78 bits per heavy atom. The van der Waals surface area contributed by atoms with Crippen LogP contribution in [0.25, 0.3) is 11.3 Å². The maximum absolute atomic E-state index is 11.7. The van der Waals surface area contributed by atoms with Gasteiger partial charge in [-0.15, -0.1) is 0 Å². The number of carbonyl (C=O) groups is 2. The lowest BCUT2D eigenvalue weighted by Gasteiger charge is -2.04. The molecule has 23 heavy (non-hydrogen) atoms. The van der Waals surface area contributed by atoms with Gasteiger partial charge in [-0.3, -0.25) is 9.59 Å². The zero-order valence-corrected chi connectivity index (χ0v) is 13.0. The number of carbonyl (C=O) groups excluding carboxylic acids is 1. The van der Waals surface area contributed by atoms with Gasteiger partial charge >= 0.3 is 5.97 Å². The van der Waals surface area contributed by atoms with Crippen molar-refractivity contribution in [3.63, 3.8) is 0 Å². The van der Waals surface area contributed by atoms with E-state index in [9.17, 15) is 9.59 Å². The minimum atomic E-state index is -0.794. The topological polar surface area (TPSA) is 82.2 Å². The third-order valence-corrected chi connectivity index (χ3v) is 3.59. The summed E-state index contributed by atoms with van der Waals surface area (Å²) in [7, 11) is 0. The van der Waals surface area contributed by atoms with Crippen molar-refractivity contribution in [2.45, 2.75) is 32.1 Å². The number of H-pyrrole nitrogens is 1. The Bertz CT molecular complexity index is 635. The molecule has 2 rings (SSSR count). The summed E-state index contributed by atoms with van der Waals surface area (Å²) in [6, 6.07) is 14.1. The number of carboxylic acid groups (broad SMARTS) is 1. The van der Waals surface area contributed by atoms with Gasteiger partial charge in [0.15, 0.2) is 0 Å². The first-order valence-corrected chi connectivity index (χ1v) is 7.87. The molecule has 5 nitrogen and oxygen atoms in total. The van der Waals surface area contributed by atoms with E-state index >= 15 is 0 Å². The van der Waals surface area contributed by atoms with E-state index in [0.717, 1.165) is 17.0 Å². The van der Waals surface area contributed by atoms with Crippen LogP contribution in [0.1, 0.15) is 31.4 Å². The molecule has 0 fully saturated rings. The summed E-state index contributed by atoms with van der Waals surface area (Å²) in [6.45, 7) is 0.534. The summed E-state index contributed by atoms with van der Waals surface area (Å²) in [5, 5.41) is 11.3. The highest BCUT2D eigenvalue weighted by Crippen LogP contribution is 2.18. The first-order valence-electron chi connectivity index (χ1n) is 7.87. The van der Waals surface area contributed by atoms with E-state index in [-0.39, 0.29) is 12.3 Å². The Kier molecular flexibility index (Phi) is 6.41. The summed E-state index contributed by atoms with van der Waals surface area (Å²) in [5.41, 5.74) is 3.21. The molecule has 0 bridgehead atoms. The number of aromatic amines is 1. The third-order valence-electron chi connectivity index (χ3n) is 3.59. The molecule has 2 aromatic rings. The van der Waals surface area contributed by atoms with Crippen LogP contribution in [0.5, 0.6) is 0 Å². The minimum Gasteiger partial charge on any atom is -0.481 e. The number of nitrogens with one attached hydrogen (secondary N) is 2. The second-order valence-electron chi connectivity index (χ2n) is 5.46. The molecular weight excluding hydrogens is 292 g/mol. The van der Waals surface area contributed by atoms with E-state index in [1.54, 1.807) is 0 Å². The summed E-state index contributed by atoms with van der Waals surface area (Å²) < 4.78 is 0. The van der Waals surface area contributed by atoms with Gasteiger partial charge in [0.2, 0.25) is 5.91 Å². The number of hydrogen-bond acceptors (Lipinski definition) is 2. The molecule has 1 amide bonds. The average Bonchev–Trinajstić information content (AvgIpc) is 3.02. The van der Waals surface area contributed by atoms with Crippen molar-refractivity contribution in [2.24, 2.45) is 0 Å². The van der Waals surface area contributed by atoms with E-state index < -0.39 is 5.97 Å². The first-order chi connectivity index (χ1) is 11.1. The van der Waals surface area contributed by atoms with Crippen LogP contribution in [0.4, 0.5) is 0 Å². The average molecular weight is 314 g/mol. The Balaban J connectivity index is 1.69. The molecular formula is C18H22N2O3. The van der Waals surface area contributed by atoms with Crippen molar-refractivity contribution in [3.05, 3.63) is 48.2 Å². The van der Waals surface area contributed by atoms with Gasteiger partial charge in [-0.05, 0) is 37.0 Å². The number of hydrogen-bond donors (Lipinski definition) is 3. The molecule has 122 valence electrons. The normalized spacial score (nSPS) is 10.4. The highest BCUT2D eigenvalue weighted by Gasteiger charge is 2.05. The second kappa shape index (κ2) is 8.78. The van der Waals surface area contributed by atoms with Crippen molar-refractivity contribution >= 4 is 11.9 Å². The van der Waals surface area contributed by atoms with Crippen LogP contribution in [-0.2, 0) is 16.0 Å². The summed E-state index contributed by atoms with van der Waals surface area (Å²) in [5.74, 6) is -0.798. The molecule has 0 saturated carbocycles. The smallest absolute Gasteiger partial charge is 0.303 e. The number of rotatable bonds is 9. The first kappa shape index (κ1) is 16.8. The van der Waals surface area contributed by atoms with Crippen LogP contribution in [0.15, 0.2) is 42.5 Å². The third kappa shape index (κ3) is 5.98. The van der Waals surface area contributed by atoms with Crippen LogP contribution in [0, 0.1) is 0 Å². The maximum Gasteiger partial charge on any atom is 0.303 e. The van der Waals surface area contributed by atoms with Crippen LogP contribution >= 0.6 is 0 Å². The van der Waals surface area contributed by atoms with Gasteiger partial charge in [-0.25, -0.2) is 0 Å². The lowest BCUT2D eigenvalue weighted by molar-refractivity contribution is -0.137. The van der Waals surface area contributed by atoms with Crippen molar-refractivity contribution in [1.82, 2.24) is 10.3 Å². The summed E-state index contributed by atoms with van der Waals surface area (Å²) in [6.07, 6.45) is 2.52. The SMILES string of the molecule is O=C(O)CCCCNC(=O)CCc1ccc(-c2ccccc2)[nH]1. The number of aliphatic carboxylic acids is 1. The Morgan fingerprint density at radius 3 is 2.52 bits per heavy atom. The molecule has 0 radical (unpaired) electrons. The van der Waals surface area contributed by atoms with Gasteiger partial charge in [-0.1, -0.05) is 30.3 Å². The molecule has 5 heteroatoms. The fraction of sp³-hybridized carbons (Fsp3) is 0.333. The Hall–Kier alpha value is -2.56. The quantitative estimate of drug-likeness (QED) is 0.622. The summed E-state index contributed by atoms with van der Waals surface area (Å²) >= 11 is 0. The number of unbranched alkanes of at least 4 members (excludes halogenated alkanes) is 1. The minimum absolute atomic E-state index is 0.00353. The van der Waals surface area contributed by atoms with Crippen LogP contribution < -0.4 is 5.32 Å². The van der Waals surface area contributed by atoms with Crippen molar-refractivity contribution < 1.29 is 14.7 Å². The molecule has 0 saturated heterocycles. The van der Waals surface area contributed by atoms with Gasteiger partial charge < -0.3 is 15.4 Å². The van der Waals surface area contributed by atoms with E-state index in [1.807, 2.05) is 42.5 Å². The van der Waals surface area contributed by atoms with Gasteiger partial charge in [0, 0.05) is 30.8 Å². The zero-order chi connectivity index (χ0) is 16.5. The summed E-state index contributed by atoms with van der Waals surface area (Å²) in [4.78, 5) is 25.4. The van der Waals surface area contributed by atoms with E-state index in [1.165, 1.54) is 0 Å². The molecule has 0 unspecified atom stereocenters. The van der Waals surface area contributed by atoms with Crippen LogP contribution in [0.3, 0.4) is 0 Å². The van der Waals surface area contributed by atoms with Crippen LogP contribution in [-0.4, -0.2) is 28.5 Å². The monoisotopic (exact) mass is 314 g/mol. The molecule has 1 aromatic carbocycles. The zero-order valence-electron chi connectivity index (χ0n) is 13.0. The van der Waals surface area contributed by atoms with Gasteiger partial charge in [-0.2, -0.15) is 0 Å². The maximum atomic E-state index is 11.7. The molecule has 1 heterocycles. The van der Waals surface area contributed by atoms with Gasteiger partial charge in [0.1, 0.15) is 0 Å².